The van der Waals surface area contributed by atoms with Gasteiger partial charge in [0.15, 0.2) is 0 Å². The second kappa shape index (κ2) is 7.86. The highest BCUT2D eigenvalue weighted by Crippen LogP contribution is 2.47. The Morgan fingerprint density at radius 2 is 2.07 bits per heavy atom. The van der Waals surface area contributed by atoms with Crippen molar-refractivity contribution in [2.24, 2.45) is 0 Å². The second-order valence-corrected chi connectivity index (χ2v) is 9.58. The van der Waals surface area contributed by atoms with Gasteiger partial charge in [-0.15, -0.1) is 11.3 Å². The molecule has 2 atom stereocenters. The highest BCUT2D eigenvalue weighted by Gasteiger charge is 2.49. The van der Waals surface area contributed by atoms with Gasteiger partial charge in [0.1, 0.15) is 0 Å². The molecule has 3 aliphatic heterocycles. The molecule has 0 amide bonds. The van der Waals surface area contributed by atoms with Crippen LogP contribution in [0.3, 0.4) is 0 Å². The molecule has 0 aliphatic carbocycles. The fraction of sp³-hybridized carbons (Fsp3) is 0.609. The van der Waals surface area contributed by atoms with Gasteiger partial charge in [0.05, 0.1) is 25.4 Å². The number of unbranched alkanes of at least 4 members (excludes halogenated alkanes) is 1. The number of aromatic nitrogens is 1. The first kappa shape index (κ1) is 18.7. The van der Waals surface area contributed by atoms with Gasteiger partial charge in [-0.3, -0.25) is 4.98 Å². The van der Waals surface area contributed by atoms with Crippen molar-refractivity contribution >= 4 is 11.3 Å². The quantitative estimate of drug-likeness (QED) is 0.655. The van der Waals surface area contributed by atoms with Gasteiger partial charge < -0.3 is 14.2 Å². The van der Waals surface area contributed by atoms with Crippen molar-refractivity contribution in [2.75, 3.05) is 19.8 Å². The summed E-state index contributed by atoms with van der Waals surface area (Å²) in [6, 6.07) is 6.37. The molecule has 0 radical (unpaired) electrons. The van der Waals surface area contributed by atoms with Crippen LogP contribution in [0.1, 0.15) is 60.2 Å². The summed E-state index contributed by atoms with van der Waals surface area (Å²) in [6.45, 7) is 3.99. The summed E-state index contributed by atoms with van der Waals surface area (Å²) in [5, 5.41) is 2.29. The van der Waals surface area contributed by atoms with Gasteiger partial charge >= 0.3 is 0 Å². The average molecular weight is 400 g/mol. The minimum Gasteiger partial charge on any atom is -0.378 e. The predicted molar refractivity (Wildman–Crippen MR) is 110 cm³/mol. The van der Waals surface area contributed by atoms with E-state index in [1.165, 1.54) is 47.4 Å². The van der Waals surface area contributed by atoms with E-state index in [1.807, 2.05) is 23.6 Å². The number of pyridine rings is 1. The molecule has 0 bridgehead atoms. The maximum atomic E-state index is 6.25. The zero-order chi connectivity index (χ0) is 18.9. The number of fused-ring (bicyclic) bond motifs is 1. The normalized spacial score (nSPS) is 29.4. The molecule has 5 heterocycles. The van der Waals surface area contributed by atoms with Gasteiger partial charge in [-0.1, -0.05) is 12.5 Å². The van der Waals surface area contributed by atoms with Crippen molar-refractivity contribution < 1.29 is 14.2 Å². The first-order valence-corrected chi connectivity index (χ1v) is 11.5. The Balaban J connectivity index is 1.28. The van der Waals surface area contributed by atoms with Crippen LogP contribution in [0.5, 0.6) is 0 Å². The average Bonchev–Trinajstić information content (AvgIpc) is 3.45. The van der Waals surface area contributed by atoms with Crippen molar-refractivity contribution in [1.29, 1.82) is 0 Å². The number of nitrogens with zero attached hydrogens (tertiary/aromatic N) is 1. The molecule has 4 nitrogen and oxygen atoms in total. The van der Waals surface area contributed by atoms with E-state index in [-0.39, 0.29) is 11.0 Å². The molecule has 0 unspecified atom stereocenters. The number of rotatable bonds is 6. The van der Waals surface area contributed by atoms with Crippen molar-refractivity contribution in [3.05, 3.63) is 51.5 Å². The van der Waals surface area contributed by atoms with E-state index in [0.29, 0.717) is 0 Å². The molecule has 150 valence electrons. The lowest BCUT2D eigenvalue weighted by atomic mass is 9.67. The second-order valence-electron chi connectivity index (χ2n) is 8.62. The third kappa shape index (κ3) is 3.54. The molecule has 5 rings (SSSR count). The Morgan fingerprint density at radius 1 is 1.07 bits per heavy atom. The third-order valence-electron chi connectivity index (χ3n) is 6.81. The molecule has 2 aromatic heterocycles. The Bertz CT molecular complexity index is 799. The maximum absolute atomic E-state index is 6.25. The number of aryl methyl sites for hydroxylation is 1. The van der Waals surface area contributed by atoms with E-state index in [1.54, 1.807) is 0 Å². The van der Waals surface area contributed by atoms with E-state index in [4.69, 9.17) is 19.2 Å². The van der Waals surface area contributed by atoms with Crippen LogP contribution in [0.4, 0.5) is 0 Å². The summed E-state index contributed by atoms with van der Waals surface area (Å²) in [5.41, 5.74) is 4.15. The molecule has 3 aliphatic rings. The molecule has 0 saturated carbocycles. The smallest absolute Gasteiger partial charge is 0.0945 e. The number of thiophene rings is 1. The van der Waals surface area contributed by atoms with Gasteiger partial charge in [0.2, 0.25) is 0 Å². The zero-order valence-corrected chi connectivity index (χ0v) is 17.3. The van der Waals surface area contributed by atoms with Crippen LogP contribution in [0, 0.1) is 0 Å². The van der Waals surface area contributed by atoms with E-state index < -0.39 is 0 Å². The Kier molecular flexibility index (Phi) is 5.26. The van der Waals surface area contributed by atoms with Crippen molar-refractivity contribution in [3.8, 4) is 0 Å². The molecule has 28 heavy (non-hydrogen) atoms. The van der Waals surface area contributed by atoms with Crippen LogP contribution in [0.2, 0.25) is 0 Å². The highest BCUT2D eigenvalue weighted by molar-refractivity contribution is 7.10. The Labute approximate surface area is 171 Å². The van der Waals surface area contributed by atoms with Crippen LogP contribution < -0.4 is 0 Å². The zero-order valence-electron chi connectivity index (χ0n) is 16.5. The Morgan fingerprint density at radius 3 is 2.93 bits per heavy atom. The summed E-state index contributed by atoms with van der Waals surface area (Å²) in [4.78, 5) is 6.33. The Hall–Kier alpha value is -1.27. The first-order valence-electron chi connectivity index (χ1n) is 10.6. The van der Waals surface area contributed by atoms with Crippen LogP contribution in [-0.4, -0.2) is 30.4 Å². The van der Waals surface area contributed by atoms with Crippen LogP contribution >= 0.6 is 11.3 Å². The van der Waals surface area contributed by atoms with Crippen LogP contribution in [0.15, 0.2) is 29.8 Å². The van der Waals surface area contributed by atoms with Gasteiger partial charge in [-0.2, -0.15) is 0 Å². The van der Waals surface area contributed by atoms with E-state index in [0.717, 1.165) is 52.3 Å². The minimum atomic E-state index is -0.0956. The highest BCUT2D eigenvalue weighted by atomic mass is 32.1. The van der Waals surface area contributed by atoms with Crippen molar-refractivity contribution in [3.63, 3.8) is 0 Å². The monoisotopic (exact) mass is 399 g/mol. The summed E-state index contributed by atoms with van der Waals surface area (Å²) >= 11 is 1.92. The summed E-state index contributed by atoms with van der Waals surface area (Å²) in [6.07, 6.45) is 9.87. The molecule has 2 fully saturated rings. The van der Waals surface area contributed by atoms with Gasteiger partial charge in [-0.25, -0.2) is 0 Å². The van der Waals surface area contributed by atoms with E-state index in [9.17, 15) is 0 Å². The maximum Gasteiger partial charge on any atom is 0.0945 e. The first-order chi connectivity index (χ1) is 13.8. The molecule has 2 saturated heterocycles. The molecule has 5 heteroatoms. The lowest BCUT2D eigenvalue weighted by Crippen LogP contribution is -2.48. The summed E-state index contributed by atoms with van der Waals surface area (Å²) in [5.74, 6) is 0. The van der Waals surface area contributed by atoms with Crippen molar-refractivity contribution in [2.45, 2.75) is 69.2 Å². The van der Waals surface area contributed by atoms with Crippen LogP contribution in [-0.2, 0) is 39.3 Å². The lowest BCUT2D eigenvalue weighted by Gasteiger charge is -2.45. The van der Waals surface area contributed by atoms with Gasteiger partial charge in [0, 0.05) is 41.8 Å². The van der Waals surface area contributed by atoms with E-state index >= 15 is 0 Å². The van der Waals surface area contributed by atoms with Crippen molar-refractivity contribution in [1.82, 2.24) is 4.98 Å². The largest absolute Gasteiger partial charge is 0.378 e. The third-order valence-corrected chi connectivity index (χ3v) is 7.94. The fourth-order valence-corrected chi connectivity index (χ4v) is 6.37. The molecule has 1 spiro atoms. The lowest BCUT2D eigenvalue weighted by molar-refractivity contribution is -0.109. The van der Waals surface area contributed by atoms with E-state index in [2.05, 4.69) is 17.5 Å². The topological polar surface area (TPSA) is 40.6 Å². The molecule has 0 N–H and O–H groups in total. The predicted octanol–water partition coefficient (Wildman–Crippen LogP) is 4.79. The number of hydrogen-bond acceptors (Lipinski definition) is 5. The minimum absolute atomic E-state index is 0.0956. The molecule has 0 aromatic carbocycles. The summed E-state index contributed by atoms with van der Waals surface area (Å²) in [7, 11) is 0. The molecular weight excluding hydrogens is 370 g/mol. The number of ether oxygens (including phenoxy) is 3. The number of hydrogen-bond donors (Lipinski definition) is 0. The fourth-order valence-electron chi connectivity index (χ4n) is 5.28. The van der Waals surface area contributed by atoms with Gasteiger partial charge in [0.25, 0.3) is 0 Å². The SMILES string of the molecule is c1ccc([C@]2(CCCCc3scc4c3COC4)CCO[C@]3(CCOC3)C2)nc1. The standard InChI is InChI=1S/C23H29NO3S/c1(5-20-19-14-26-13-18(19)15-28-20)3-7-22(21-6-2-4-10-24-21)8-12-27-23(16-22)9-11-25-17-23/h2,4,6,10,15H,1,3,5,7-9,11-14,16-17H2/t22-,23-/m1/s1. The van der Waals surface area contributed by atoms with Crippen LogP contribution in [0.25, 0.3) is 0 Å². The molecular formula is C23H29NO3S. The van der Waals surface area contributed by atoms with Gasteiger partial charge in [-0.05, 0) is 60.7 Å². The summed E-state index contributed by atoms with van der Waals surface area (Å²) < 4.78 is 17.6. The molecule has 2 aromatic rings.